The van der Waals surface area contributed by atoms with Crippen molar-refractivity contribution in [2.45, 2.75) is 25.3 Å². The van der Waals surface area contributed by atoms with Crippen LogP contribution in [0.5, 0.6) is 0 Å². The van der Waals surface area contributed by atoms with Gasteiger partial charge < -0.3 is 4.42 Å². The molecule has 0 saturated heterocycles. The Morgan fingerprint density at radius 2 is 2.38 bits per heavy atom. The fourth-order valence-electron chi connectivity index (χ4n) is 1.72. The van der Waals surface area contributed by atoms with E-state index in [4.69, 9.17) is 4.42 Å². The number of nitrogens with zero attached hydrogens (tertiary/aromatic N) is 2. The van der Waals surface area contributed by atoms with Gasteiger partial charge in [0, 0.05) is 5.92 Å². The minimum absolute atomic E-state index is 0.352. The minimum Gasteiger partial charge on any atom is -0.440 e. The number of aromatic nitrogens is 1. The van der Waals surface area contributed by atoms with Crippen LogP contribution in [-0.4, -0.2) is 11.1 Å². The van der Waals surface area contributed by atoms with Crippen molar-refractivity contribution in [3.8, 4) is 0 Å². The van der Waals surface area contributed by atoms with Crippen LogP contribution < -0.4 is 0 Å². The second-order valence-electron chi connectivity index (χ2n) is 4.04. The maximum Gasteiger partial charge on any atom is 0.235 e. The normalized spacial score (nSPS) is 15.0. The Bertz CT molecular complexity index is 578. The zero-order chi connectivity index (χ0) is 11.0. The number of isocyanates is 1. The van der Waals surface area contributed by atoms with Gasteiger partial charge in [-0.2, -0.15) is 0 Å². The first-order valence-electron chi connectivity index (χ1n) is 5.30. The van der Waals surface area contributed by atoms with E-state index in [1.165, 1.54) is 18.9 Å². The Kier molecular flexibility index (Phi) is 2.08. The molecule has 16 heavy (non-hydrogen) atoms. The molecular formula is C12H10N2O2. The second kappa shape index (κ2) is 3.58. The fraction of sp³-hybridized carbons (Fsp3) is 0.333. The molecular weight excluding hydrogens is 204 g/mol. The number of fused-ring (bicyclic) bond motifs is 1. The number of rotatable bonds is 3. The summed E-state index contributed by atoms with van der Waals surface area (Å²) in [5.74, 6) is 1.36. The highest BCUT2D eigenvalue weighted by Crippen LogP contribution is 2.40. The molecule has 1 aromatic heterocycles. The van der Waals surface area contributed by atoms with Crippen LogP contribution in [0.15, 0.2) is 27.6 Å². The third kappa shape index (κ3) is 1.64. The number of hydrogen-bond donors (Lipinski definition) is 0. The summed E-state index contributed by atoms with van der Waals surface area (Å²) in [4.78, 5) is 18.0. The third-order valence-corrected chi connectivity index (χ3v) is 2.72. The first-order valence-corrected chi connectivity index (χ1v) is 5.30. The summed E-state index contributed by atoms with van der Waals surface area (Å²) in [7, 11) is 0. The molecule has 1 aromatic carbocycles. The molecule has 1 saturated carbocycles. The van der Waals surface area contributed by atoms with Gasteiger partial charge in [-0.1, -0.05) is 6.07 Å². The molecule has 2 aromatic rings. The number of benzene rings is 1. The first kappa shape index (κ1) is 9.31. The van der Waals surface area contributed by atoms with E-state index in [1.807, 2.05) is 18.2 Å². The number of carbonyl (C=O) groups excluding carboxylic acids is 1. The number of aliphatic imine (C=N–C) groups is 1. The molecule has 1 fully saturated rings. The average Bonchev–Trinajstić information content (AvgIpc) is 3.06. The fourth-order valence-corrected chi connectivity index (χ4v) is 1.72. The van der Waals surface area contributed by atoms with E-state index in [1.54, 1.807) is 0 Å². The van der Waals surface area contributed by atoms with Gasteiger partial charge in [-0.3, -0.25) is 0 Å². The van der Waals surface area contributed by atoms with E-state index in [-0.39, 0.29) is 0 Å². The zero-order valence-corrected chi connectivity index (χ0v) is 8.64. The van der Waals surface area contributed by atoms with Crippen LogP contribution in [0.3, 0.4) is 0 Å². The predicted molar refractivity (Wildman–Crippen MR) is 57.8 cm³/mol. The van der Waals surface area contributed by atoms with Crippen LogP contribution >= 0.6 is 0 Å². The van der Waals surface area contributed by atoms with E-state index in [9.17, 15) is 4.79 Å². The molecule has 0 radical (unpaired) electrons. The Balaban J connectivity index is 1.99. The van der Waals surface area contributed by atoms with Gasteiger partial charge in [-0.25, -0.2) is 14.8 Å². The van der Waals surface area contributed by atoms with Crippen LogP contribution in [0.4, 0.5) is 0 Å². The van der Waals surface area contributed by atoms with Crippen molar-refractivity contribution in [1.82, 2.24) is 4.98 Å². The van der Waals surface area contributed by atoms with E-state index < -0.39 is 0 Å². The Labute approximate surface area is 92.0 Å². The van der Waals surface area contributed by atoms with Gasteiger partial charge in [-0.15, -0.1) is 0 Å². The van der Waals surface area contributed by atoms with Crippen LogP contribution in [0.1, 0.15) is 30.2 Å². The molecule has 1 heterocycles. The lowest BCUT2D eigenvalue weighted by molar-refractivity contribution is 0.533. The quantitative estimate of drug-likeness (QED) is 0.582. The Morgan fingerprint density at radius 3 is 3.12 bits per heavy atom. The highest BCUT2D eigenvalue weighted by molar-refractivity contribution is 5.73. The first-order chi connectivity index (χ1) is 7.86. The third-order valence-electron chi connectivity index (χ3n) is 2.72. The zero-order valence-electron chi connectivity index (χ0n) is 8.64. The summed E-state index contributed by atoms with van der Waals surface area (Å²) in [6.45, 7) is 0.352. The standard InChI is InChI=1S/C12H10N2O2/c15-7-13-6-8-1-4-11-10(5-8)14-12(16-11)9-2-3-9/h1,4-5,9H,2-3,6H2. The van der Waals surface area contributed by atoms with Gasteiger partial charge in [-0.05, 0) is 30.5 Å². The van der Waals surface area contributed by atoms with E-state index in [0.29, 0.717) is 12.5 Å². The lowest BCUT2D eigenvalue weighted by atomic mass is 10.2. The van der Waals surface area contributed by atoms with Crippen molar-refractivity contribution in [3.05, 3.63) is 29.7 Å². The van der Waals surface area contributed by atoms with Crippen molar-refractivity contribution in [2.24, 2.45) is 4.99 Å². The highest BCUT2D eigenvalue weighted by atomic mass is 16.3. The van der Waals surface area contributed by atoms with Crippen LogP contribution in [-0.2, 0) is 11.3 Å². The maximum atomic E-state index is 10.0. The molecule has 0 aliphatic heterocycles. The Morgan fingerprint density at radius 1 is 1.50 bits per heavy atom. The molecule has 1 aliphatic rings. The van der Waals surface area contributed by atoms with Crippen molar-refractivity contribution in [3.63, 3.8) is 0 Å². The molecule has 1 aliphatic carbocycles. The van der Waals surface area contributed by atoms with Crippen LogP contribution in [0.2, 0.25) is 0 Å². The molecule has 0 spiro atoms. The maximum absolute atomic E-state index is 10.0. The van der Waals surface area contributed by atoms with E-state index in [2.05, 4.69) is 9.98 Å². The number of hydrogen-bond acceptors (Lipinski definition) is 4. The van der Waals surface area contributed by atoms with E-state index >= 15 is 0 Å². The monoisotopic (exact) mass is 214 g/mol. The molecule has 0 bridgehead atoms. The highest BCUT2D eigenvalue weighted by Gasteiger charge is 2.28. The van der Waals surface area contributed by atoms with Gasteiger partial charge >= 0.3 is 0 Å². The molecule has 80 valence electrons. The van der Waals surface area contributed by atoms with Gasteiger partial charge in [0.1, 0.15) is 5.52 Å². The van der Waals surface area contributed by atoms with Gasteiger partial charge in [0.25, 0.3) is 0 Å². The average molecular weight is 214 g/mol. The van der Waals surface area contributed by atoms with Crippen LogP contribution in [0, 0.1) is 0 Å². The SMILES string of the molecule is O=C=NCc1ccc2oc(C3CC3)nc2c1. The lowest BCUT2D eigenvalue weighted by Gasteiger charge is -1.92. The van der Waals surface area contributed by atoms with Gasteiger partial charge in [0.2, 0.25) is 6.08 Å². The largest absolute Gasteiger partial charge is 0.440 e. The van der Waals surface area contributed by atoms with Crippen molar-refractivity contribution in [2.75, 3.05) is 0 Å². The lowest BCUT2D eigenvalue weighted by Crippen LogP contribution is -1.80. The van der Waals surface area contributed by atoms with Crippen LogP contribution in [0.25, 0.3) is 11.1 Å². The topological polar surface area (TPSA) is 55.5 Å². The van der Waals surface area contributed by atoms with Gasteiger partial charge in [0.15, 0.2) is 11.5 Å². The van der Waals surface area contributed by atoms with Crippen molar-refractivity contribution < 1.29 is 9.21 Å². The summed E-state index contributed by atoms with van der Waals surface area (Å²) >= 11 is 0. The summed E-state index contributed by atoms with van der Waals surface area (Å²) in [5, 5.41) is 0. The molecule has 0 amide bonds. The molecule has 0 unspecified atom stereocenters. The predicted octanol–water partition coefficient (Wildman–Crippen LogP) is 2.54. The summed E-state index contributed by atoms with van der Waals surface area (Å²) < 4.78 is 5.63. The summed E-state index contributed by atoms with van der Waals surface area (Å²) in [5.41, 5.74) is 2.60. The molecule has 0 atom stereocenters. The molecule has 0 N–H and O–H groups in total. The summed E-state index contributed by atoms with van der Waals surface area (Å²) in [6.07, 6.45) is 3.88. The van der Waals surface area contributed by atoms with Crippen molar-refractivity contribution in [1.29, 1.82) is 0 Å². The number of oxazole rings is 1. The van der Waals surface area contributed by atoms with Gasteiger partial charge in [0.05, 0.1) is 6.54 Å². The Hall–Kier alpha value is -1.93. The summed E-state index contributed by atoms with van der Waals surface area (Å²) in [6, 6.07) is 5.68. The minimum atomic E-state index is 0.352. The van der Waals surface area contributed by atoms with Crippen molar-refractivity contribution >= 4 is 17.2 Å². The van der Waals surface area contributed by atoms with E-state index in [0.717, 1.165) is 22.6 Å². The smallest absolute Gasteiger partial charge is 0.235 e. The second-order valence-corrected chi connectivity index (χ2v) is 4.04. The molecule has 4 nitrogen and oxygen atoms in total. The molecule has 4 heteroatoms. The molecule has 3 rings (SSSR count).